The zero-order chi connectivity index (χ0) is 64.9. The van der Waals surface area contributed by atoms with E-state index >= 15 is 0 Å². The number of urea groups is 2. The summed E-state index contributed by atoms with van der Waals surface area (Å²) in [6.45, 7) is 24.3. The Kier molecular flexibility index (Phi) is 17.7. The average Bonchev–Trinajstić information content (AvgIpc) is 1.76. The Morgan fingerprint density at radius 3 is 1.59 bits per heavy atom. The predicted octanol–water partition coefficient (Wildman–Crippen LogP) is 10.5. The molecule has 21 nitrogen and oxygen atoms in total. The first-order chi connectivity index (χ1) is 45.0. The lowest BCUT2D eigenvalue weighted by Crippen LogP contribution is -2.53. The summed E-state index contributed by atoms with van der Waals surface area (Å²) in [6.07, 6.45) is 8.70. The van der Waals surface area contributed by atoms with Gasteiger partial charge in [0.2, 0.25) is 0 Å². The van der Waals surface area contributed by atoms with Crippen LogP contribution in [0.4, 0.5) is 25.4 Å². The molecule has 6 aliphatic heterocycles. The third-order valence-electron chi connectivity index (χ3n) is 18.4. The molecular formula is C67H65Cl3FN15O6S. The predicted molar refractivity (Wildman–Crippen MR) is 353 cm³/mol. The summed E-state index contributed by atoms with van der Waals surface area (Å²) in [5.41, 5.74) is 5.93. The summed E-state index contributed by atoms with van der Waals surface area (Å²) in [7, 11) is 1.85. The lowest BCUT2D eigenvalue weighted by Gasteiger charge is -2.38. The molecule has 4 aromatic carbocycles. The Morgan fingerprint density at radius 2 is 1.15 bits per heavy atom. The van der Waals surface area contributed by atoms with E-state index in [1.54, 1.807) is 61.6 Å². The Bertz CT molecular complexity index is 4160. The Hall–Kier alpha value is -8.68. The van der Waals surface area contributed by atoms with Gasteiger partial charge in [-0.1, -0.05) is 46.9 Å². The zero-order valence-corrected chi connectivity index (χ0v) is 54.3. The van der Waals surface area contributed by atoms with E-state index in [1.807, 2.05) is 80.2 Å². The lowest BCUT2D eigenvalue weighted by atomic mass is 9.95. The number of carbonyl (C=O) groups excluding carboxylic acids is 4. The Labute approximate surface area is 556 Å². The topological polar surface area (TPSA) is 194 Å². The van der Waals surface area contributed by atoms with Gasteiger partial charge in [-0.05, 0) is 86.6 Å². The molecule has 1 unspecified atom stereocenters. The number of halogens is 4. The van der Waals surface area contributed by atoms with Gasteiger partial charge in [-0.2, -0.15) is 0 Å². The first-order valence-corrected chi connectivity index (χ1v) is 32.9. The van der Waals surface area contributed by atoms with Gasteiger partial charge in [-0.15, -0.1) is 11.3 Å². The number of ether oxygens (including phenoxy) is 2. The van der Waals surface area contributed by atoms with E-state index in [9.17, 15) is 23.6 Å². The van der Waals surface area contributed by atoms with Crippen molar-refractivity contribution < 1.29 is 33.0 Å². The molecule has 0 radical (unpaired) electrons. The lowest BCUT2D eigenvalue weighted by molar-refractivity contribution is -0.139. The average molecular weight is 1330 g/mol. The van der Waals surface area contributed by atoms with Crippen molar-refractivity contribution in [1.29, 1.82) is 0 Å². The molecule has 8 aliphatic rings. The number of piperazine rings is 2. The molecule has 4 saturated heterocycles. The summed E-state index contributed by atoms with van der Waals surface area (Å²) in [6, 6.07) is 23.2. The van der Waals surface area contributed by atoms with Crippen LogP contribution in [-0.4, -0.2) is 161 Å². The number of amidine groups is 2. The van der Waals surface area contributed by atoms with Crippen molar-refractivity contribution in [2.24, 2.45) is 17.0 Å². The number of hydrogen-bond donors (Lipinski definition) is 2. The fourth-order valence-electron chi connectivity index (χ4n) is 13.2. The number of aromatic nitrogens is 3. The van der Waals surface area contributed by atoms with Gasteiger partial charge >= 0.3 is 24.0 Å². The second kappa shape index (κ2) is 26.0. The van der Waals surface area contributed by atoms with Crippen LogP contribution in [0.5, 0.6) is 0 Å². The van der Waals surface area contributed by atoms with Crippen LogP contribution in [0.2, 0.25) is 15.1 Å². The first-order valence-electron chi connectivity index (χ1n) is 30.9. The molecule has 8 heterocycles. The van der Waals surface area contributed by atoms with Crippen LogP contribution in [0.1, 0.15) is 84.7 Å². The van der Waals surface area contributed by atoms with Gasteiger partial charge in [0.25, 0.3) is 11.1 Å². The molecule has 4 amide bonds. The molecule has 2 saturated carbocycles. The van der Waals surface area contributed by atoms with Gasteiger partial charge in [-0.3, -0.25) is 29.6 Å². The van der Waals surface area contributed by atoms with Crippen LogP contribution in [0.15, 0.2) is 141 Å². The molecule has 0 spiro atoms. The largest absolute Gasteiger partial charge is 0.463 e. The number of imidazole rings is 1. The van der Waals surface area contributed by atoms with Crippen LogP contribution in [-0.2, 0) is 37.2 Å². The van der Waals surface area contributed by atoms with Gasteiger partial charge < -0.3 is 44.2 Å². The SMILES string of the molecule is [C-]#[N+]C1(c2ccc(N3C[C@@H]4CN(CC5=C(C(=O)OCC)C(c6ccc(F)cc6Cl)N=C(c6nccn6C)N5)CCN4C3=O)cc2)CC1.[C-]#[N+]C1(c2ccc(N3C[C@@H]4CN(CC5=C(C(=O)OCC)[C@H](c6ccc(Cl)cc6Cl)N=C(c6nccs6)N5)CCN4C3=O)cc2)CC1. The van der Waals surface area contributed by atoms with Crippen LogP contribution in [0.25, 0.3) is 9.69 Å². The Morgan fingerprint density at radius 1 is 0.656 bits per heavy atom. The van der Waals surface area contributed by atoms with Crippen molar-refractivity contribution >= 4 is 93.2 Å². The minimum absolute atomic E-state index is 0.0124. The highest BCUT2D eigenvalue weighted by Gasteiger charge is 2.54. The molecule has 0 bridgehead atoms. The highest BCUT2D eigenvalue weighted by atomic mass is 35.5. The summed E-state index contributed by atoms with van der Waals surface area (Å²) in [5.74, 6) is 0.0422. The van der Waals surface area contributed by atoms with E-state index in [4.69, 9.17) is 67.4 Å². The molecule has 4 atom stereocenters. The third kappa shape index (κ3) is 12.5. The Balaban J connectivity index is 0.000000169. The molecule has 2 aliphatic carbocycles. The van der Waals surface area contributed by atoms with Crippen LogP contribution < -0.4 is 20.4 Å². The number of carbonyl (C=O) groups is 4. The number of fused-ring (bicyclic) bond motifs is 2. The molecule has 2 aromatic heterocycles. The minimum atomic E-state index is -0.865. The van der Waals surface area contributed by atoms with Gasteiger partial charge in [0.1, 0.15) is 17.9 Å². The monoisotopic (exact) mass is 1330 g/mol. The van der Waals surface area contributed by atoms with Crippen LogP contribution in [0.3, 0.4) is 0 Å². The zero-order valence-electron chi connectivity index (χ0n) is 51.2. The molecule has 6 aromatic rings. The van der Waals surface area contributed by atoms with Crippen molar-refractivity contribution in [2.45, 2.75) is 74.8 Å². The molecule has 14 rings (SSSR count). The summed E-state index contributed by atoms with van der Waals surface area (Å²) < 4.78 is 27.0. The van der Waals surface area contributed by atoms with Crippen LogP contribution >= 0.6 is 46.1 Å². The van der Waals surface area contributed by atoms with E-state index < -0.39 is 35.4 Å². The number of esters is 2. The highest BCUT2D eigenvalue weighted by molar-refractivity contribution is 7.11. The second-order valence-corrected chi connectivity index (χ2v) is 26.2. The van der Waals surface area contributed by atoms with Gasteiger partial charge in [-0.25, -0.2) is 46.7 Å². The maximum atomic E-state index is 14.1. The van der Waals surface area contributed by atoms with Gasteiger partial charge in [0.15, 0.2) is 22.5 Å². The van der Waals surface area contributed by atoms with Crippen molar-refractivity contribution in [1.82, 2.24) is 44.8 Å². The molecule has 2 N–H and O–H groups in total. The first kappa shape index (κ1) is 63.1. The number of anilines is 2. The normalized spacial score (nSPS) is 22.1. The van der Waals surface area contributed by atoms with Gasteiger partial charge in [0, 0.05) is 182 Å². The molecule has 6 fully saturated rings. The quantitative estimate of drug-likeness (QED) is 0.0689. The minimum Gasteiger partial charge on any atom is -0.463 e. The van der Waals surface area contributed by atoms with Crippen molar-refractivity contribution in [3.05, 3.63) is 208 Å². The van der Waals surface area contributed by atoms with Crippen molar-refractivity contribution in [3.8, 4) is 0 Å². The highest BCUT2D eigenvalue weighted by Crippen LogP contribution is 2.51. The number of rotatable bonds is 16. The summed E-state index contributed by atoms with van der Waals surface area (Å²) in [5, 5.41) is 10.4. The summed E-state index contributed by atoms with van der Waals surface area (Å²) >= 11 is 20.9. The maximum Gasteiger partial charge on any atom is 0.338 e. The second-order valence-electron chi connectivity index (χ2n) is 24.1. The molecular weight excluding hydrogens is 1270 g/mol. The van der Waals surface area contributed by atoms with E-state index in [-0.39, 0.29) is 53.5 Å². The number of amides is 4. The maximum absolute atomic E-state index is 14.1. The van der Waals surface area contributed by atoms with Gasteiger partial charge in [0.05, 0.1) is 36.4 Å². The number of hydrogen-bond acceptors (Lipinski definition) is 15. The molecule has 26 heteroatoms. The van der Waals surface area contributed by atoms with E-state index in [1.165, 1.54) is 23.5 Å². The van der Waals surface area contributed by atoms with E-state index in [0.29, 0.717) is 126 Å². The molecule has 478 valence electrons. The molecule has 93 heavy (non-hydrogen) atoms. The smallest absolute Gasteiger partial charge is 0.338 e. The number of benzene rings is 4. The number of aryl methyl sites for hydroxylation is 1. The number of nitrogens with one attached hydrogen (secondary N) is 2. The van der Waals surface area contributed by atoms with Crippen molar-refractivity contribution in [3.63, 3.8) is 0 Å². The summed E-state index contributed by atoms with van der Waals surface area (Å²) in [4.78, 5) is 92.4. The fourth-order valence-corrected chi connectivity index (χ4v) is 14.5. The fraction of sp³-hybridized carbons (Fsp3) is 0.373. The van der Waals surface area contributed by atoms with E-state index in [2.05, 4.69) is 40.1 Å². The number of nitrogens with zero attached hydrogens (tertiary/aromatic N) is 13. The number of aliphatic imine (C=N–C) groups is 2. The van der Waals surface area contributed by atoms with E-state index in [0.717, 1.165) is 48.2 Å². The number of thiazole rings is 1. The third-order valence-corrected chi connectivity index (χ3v) is 20.0. The van der Waals surface area contributed by atoms with Crippen LogP contribution in [0, 0.1) is 19.0 Å². The van der Waals surface area contributed by atoms with Crippen molar-refractivity contribution in [2.75, 3.05) is 88.5 Å². The standard InChI is InChI=1S/C34H34ClFN8O3.C33H31Cl2N7O3S/c1-4-47-32(45)28-27(39-30(31-38-13-14-41(31)3)40-29(28)25-10-7-22(36)17-26(25)35)20-42-15-16-43-24(18-42)19-44(33(43)46)23-8-5-21(6-9-23)34(37-2)11-12-34;1-3-45-31(43)27-26(38-29(30-37-12-15-46-30)39-28(27)24-9-6-21(34)16-25(24)35)19-40-13-14-41-23(17-40)18-42(32(41)44)22-7-4-20(5-8-22)33(36-2)10-11-33/h5-10,13-14,17,24,29H,4,11-12,15-16,18-20H2,1,3H3,(H,39,40);4-9,12,15-16,23,28H,3,10-11,13-14,17-19H2,1H3,(H,38,39)/t24-,29?;23-,28-/m00/s1.